The lowest BCUT2D eigenvalue weighted by Gasteiger charge is -2.09. The Morgan fingerprint density at radius 2 is 1.65 bits per heavy atom. The van der Waals surface area contributed by atoms with E-state index in [0.29, 0.717) is 12.5 Å². The van der Waals surface area contributed by atoms with Gasteiger partial charge >= 0.3 is 5.97 Å². The molecule has 0 unspecified atom stereocenters. The molecular weight excluding hydrogens is 252 g/mol. The summed E-state index contributed by atoms with van der Waals surface area (Å²) in [5.74, 6) is 0.408. The first-order valence-electron chi connectivity index (χ1n) is 6.61. The average Bonchev–Trinajstić information content (AvgIpc) is 2.46. The van der Waals surface area contributed by atoms with Gasteiger partial charge in [-0.1, -0.05) is 38.1 Å². The lowest BCUT2D eigenvalue weighted by atomic mass is 10.0. The number of hydrogen-bond acceptors (Lipinski definition) is 2. The fourth-order valence-electron chi connectivity index (χ4n) is 1.86. The summed E-state index contributed by atoms with van der Waals surface area (Å²) in [5, 5.41) is 8.82. The smallest absolute Gasteiger partial charge is 0.335 e. The molecule has 3 heteroatoms. The van der Waals surface area contributed by atoms with E-state index in [0.717, 1.165) is 11.3 Å². The molecule has 3 nitrogen and oxygen atoms in total. The molecule has 0 fully saturated rings. The van der Waals surface area contributed by atoms with Gasteiger partial charge in [-0.3, -0.25) is 0 Å². The van der Waals surface area contributed by atoms with Crippen LogP contribution in [0.15, 0.2) is 48.5 Å². The molecule has 0 spiro atoms. The zero-order chi connectivity index (χ0) is 14.5. The van der Waals surface area contributed by atoms with Crippen LogP contribution in [-0.4, -0.2) is 11.1 Å². The van der Waals surface area contributed by atoms with Crippen LogP contribution in [0.1, 0.15) is 41.3 Å². The van der Waals surface area contributed by atoms with Crippen molar-refractivity contribution in [3.8, 4) is 5.75 Å². The molecule has 2 rings (SSSR count). The Balaban J connectivity index is 1.96. The normalized spacial score (nSPS) is 10.6. The lowest BCUT2D eigenvalue weighted by Crippen LogP contribution is -1.99. The molecule has 0 saturated carbocycles. The molecule has 104 valence electrons. The van der Waals surface area contributed by atoms with Crippen LogP contribution in [-0.2, 0) is 6.61 Å². The molecule has 20 heavy (non-hydrogen) atoms. The molecule has 0 aromatic heterocycles. The van der Waals surface area contributed by atoms with Crippen molar-refractivity contribution in [2.75, 3.05) is 0 Å². The number of rotatable bonds is 5. The highest BCUT2D eigenvalue weighted by atomic mass is 16.5. The third kappa shape index (κ3) is 3.60. The van der Waals surface area contributed by atoms with Gasteiger partial charge in [0.1, 0.15) is 12.4 Å². The van der Waals surface area contributed by atoms with Gasteiger partial charge in [-0.2, -0.15) is 0 Å². The molecule has 0 aliphatic carbocycles. The van der Waals surface area contributed by atoms with Gasteiger partial charge in [-0.05, 0) is 41.3 Å². The second kappa shape index (κ2) is 6.24. The van der Waals surface area contributed by atoms with Gasteiger partial charge in [-0.25, -0.2) is 4.79 Å². The number of carboxylic acids is 1. The molecule has 0 heterocycles. The summed E-state index contributed by atoms with van der Waals surface area (Å²) >= 11 is 0. The van der Waals surface area contributed by atoms with Crippen molar-refractivity contribution in [2.24, 2.45) is 0 Å². The van der Waals surface area contributed by atoms with Crippen molar-refractivity contribution in [2.45, 2.75) is 26.4 Å². The second-order valence-electron chi connectivity index (χ2n) is 5.01. The van der Waals surface area contributed by atoms with Gasteiger partial charge in [0.2, 0.25) is 0 Å². The minimum atomic E-state index is -0.915. The maximum absolute atomic E-state index is 10.7. The van der Waals surface area contributed by atoms with E-state index >= 15 is 0 Å². The Morgan fingerprint density at radius 3 is 2.15 bits per heavy atom. The number of carboxylic acid groups (broad SMARTS) is 1. The van der Waals surface area contributed by atoms with Gasteiger partial charge in [0.15, 0.2) is 0 Å². The Bertz CT molecular complexity index is 568. The molecule has 2 aromatic rings. The third-order valence-electron chi connectivity index (χ3n) is 3.15. The van der Waals surface area contributed by atoms with E-state index in [1.165, 1.54) is 5.56 Å². The number of benzene rings is 2. The van der Waals surface area contributed by atoms with Crippen molar-refractivity contribution in [3.05, 3.63) is 65.2 Å². The number of hydrogen-bond donors (Lipinski definition) is 1. The highest BCUT2D eigenvalue weighted by Crippen LogP contribution is 2.19. The minimum absolute atomic E-state index is 0.287. The standard InChI is InChI=1S/C17H18O3/c1-12(2)14-7-9-16(10-8-14)20-11-13-3-5-15(6-4-13)17(18)19/h3-10,12H,11H2,1-2H3,(H,18,19). The van der Waals surface area contributed by atoms with E-state index in [1.807, 2.05) is 12.1 Å². The quantitative estimate of drug-likeness (QED) is 0.890. The van der Waals surface area contributed by atoms with E-state index in [2.05, 4.69) is 26.0 Å². The van der Waals surface area contributed by atoms with E-state index in [1.54, 1.807) is 24.3 Å². The minimum Gasteiger partial charge on any atom is -0.489 e. The molecule has 0 radical (unpaired) electrons. The van der Waals surface area contributed by atoms with E-state index < -0.39 is 5.97 Å². The summed E-state index contributed by atoms with van der Waals surface area (Å²) < 4.78 is 5.68. The van der Waals surface area contributed by atoms with Crippen molar-refractivity contribution in [1.29, 1.82) is 0 Å². The van der Waals surface area contributed by atoms with Gasteiger partial charge in [0, 0.05) is 0 Å². The van der Waals surface area contributed by atoms with Crippen molar-refractivity contribution in [3.63, 3.8) is 0 Å². The molecule has 0 bridgehead atoms. The van der Waals surface area contributed by atoms with E-state index in [-0.39, 0.29) is 5.56 Å². The zero-order valence-electron chi connectivity index (χ0n) is 11.7. The molecule has 0 amide bonds. The highest BCUT2D eigenvalue weighted by molar-refractivity contribution is 5.87. The number of aromatic carboxylic acids is 1. The Kier molecular flexibility index (Phi) is 4.41. The first-order valence-corrected chi connectivity index (χ1v) is 6.61. The second-order valence-corrected chi connectivity index (χ2v) is 5.01. The molecule has 0 saturated heterocycles. The number of ether oxygens (including phenoxy) is 1. The van der Waals surface area contributed by atoms with Crippen molar-refractivity contribution in [1.82, 2.24) is 0 Å². The van der Waals surface area contributed by atoms with E-state index in [4.69, 9.17) is 9.84 Å². The molecule has 0 aliphatic heterocycles. The largest absolute Gasteiger partial charge is 0.489 e. The summed E-state index contributed by atoms with van der Waals surface area (Å²) in [4.78, 5) is 10.7. The van der Waals surface area contributed by atoms with Crippen LogP contribution in [0.2, 0.25) is 0 Å². The predicted molar refractivity (Wildman–Crippen MR) is 78.3 cm³/mol. The number of carbonyl (C=O) groups is 1. The van der Waals surface area contributed by atoms with Crippen LogP contribution < -0.4 is 4.74 Å². The summed E-state index contributed by atoms with van der Waals surface area (Å²) in [5.41, 5.74) is 2.51. The zero-order valence-corrected chi connectivity index (χ0v) is 11.7. The molecular formula is C17H18O3. The van der Waals surface area contributed by atoms with Gasteiger partial charge in [0.25, 0.3) is 0 Å². The molecule has 2 aromatic carbocycles. The van der Waals surface area contributed by atoms with Crippen LogP contribution in [0.25, 0.3) is 0 Å². The summed E-state index contributed by atoms with van der Waals surface area (Å²) in [6.07, 6.45) is 0. The molecule has 0 aliphatic rings. The van der Waals surface area contributed by atoms with Crippen LogP contribution in [0.5, 0.6) is 5.75 Å². The van der Waals surface area contributed by atoms with Crippen molar-refractivity contribution < 1.29 is 14.6 Å². The van der Waals surface area contributed by atoms with Crippen LogP contribution in [0.4, 0.5) is 0 Å². The first kappa shape index (κ1) is 14.1. The van der Waals surface area contributed by atoms with Crippen LogP contribution in [0, 0.1) is 0 Å². The van der Waals surface area contributed by atoms with Crippen molar-refractivity contribution >= 4 is 5.97 Å². The summed E-state index contributed by atoms with van der Waals surface area (Å²) in [6, 6.07) is 14.8. The predicted octanol–water partition coefficient (Wildman–Crippen LogP) is 4.09. The monoisotopic (exact) mass is 270 g/mol. The first-order chi connectivity index (χ1) is 9.56. The summed E-state index contributed by atoms with van der Waals surface area (Å²) in [6.45, 7) is 4.74. The van der Waals surface area contributed by atoms with Gasteiger partial charge in [-0.15, -0.1) is 0 Å². The van der Waals surface area contributed by atoms with Gasteiger partial charge in [0.05, 0.1) is 5.56 Å². The third-order valence-corrected chi connectivity index (χ3v) is 3.15. The summed E-state index contributed by atoms with van der Waals surface area (Å²) in [7, 11) is 0. The Hall–Kier alpha value is -2.29. The highest BCUT2D eigenvalue weighted by Gasteiger charge is 2.03. The lowest BCUT2D eigenvalue weighted by molar-refractivity contribution is 0.0697. The fourth-order valence-corrected chi connectivity index (χ4v) is 1.86. The Labute approximate surface area is 118 Å². The topological polar surface area (TPSA) is 46.5 Å². The Morgan fingerprint density at radius 1 is 1.05 bits per heavy atom. The van der Waals surface area contributed by atoms with E-state index in [9.17, 15) is 4.79 Å². The molecule has 1 N–H and O–H groups in total. The maximum atomic E-state index is 10.7. The maximum Gasteiger partial charge on any atom is 0.335 e. The fraction of sp³-hybridized carbons (Fsp3) is 0.235. The van der Waals surface area contributed by atoms with Crippen LogP contribution in [0.3, 0.4) is 0 Å². The average molecular weight is 270 g/mol. The SMILES string of the molecule is CC(C)c1ccc(OCc2ccc(C(=O)O)cc2)cc1. The molecule has 0 atom stereocenters. The van der Waals surface area contributed by atoms with Crippen LogP contribution >= 0.6 is 0 Å². The van der Waals surface area contributed by atoms with Gasteiger partial charge < -0.3 is 9.84 Å².